The van der Waals surface area contributed by atoms with Crippen molar-refractivity contribution < 1.29 is 10.2 Å². The molecule has 0 spiro atoms. The molecule has 1 atom stereocenters. The number of piperidine rings is 1. The molecule has 1 aliphatic heterocycles. The number of benzene rings is 1. The van der Waals surface area contributed by atoms with E-state index in [1.54, 1.807) is 24.7 Å². The second-order valence-electron chi connectivity index (χ2n) is 5.47. The first kappa shape index (κ1) is 14.0. The van der Waals surface area contributed by atoms with E-state index < -0.39 is 0 Å². The number of rotatable bonds is 3. The fourth-order valence-corrected chi connectivity index (χ4v) is 2.74. The second kappa shape index (κ2) is 6.20. The van der Waals surface area contributed by atoms with Crippen LogP contribution in [0.15, 0.2) is 36.8 Å². The van der Waals surface area contributed by atoms with E-state index in [1.807, 2.05) is 12.1 Å². The van der Waals surface area contributed by atoms with Crippen LogP contribution in [0.3, 0.4) is 0 Å². The number of hydrogen-bond donors (Lipinski definition) is 2. The minimum absolute atomic E-state index is 0.260. The highest BCUT2D eigenvalue weighted by molar-refractivity contribution is 5.60. The van der Waals surface area contributed by atoms with E-state index >= 15 is 0 Å². The summed E-state index contributed by atoms with van der Waals surface area (Å²) in [4.78, 5) is 10.5. The minimum atomic E-state index is -0.260. The van der Waals surface area contributed by atoms with E-state index in [9.17, 15) is 10.2 Å². The fourth-order valence-electron chi connectivity index (χ4n) is 2.74. The topological polar surface area (TPSA) is 69.5 Å². The molecule has 0 unspecified atom stereocenters. The van der Waals surface area contributed by atoms with Crippen molar-refractivity contribution in [3.05, 3.63) is 42.4 Å². The van der Waals surface area contributed by atoms with Crippen molar-refractivity contribution in [2.24, 2.45) is 0 Å². The molecule has 3 rings (SSSR count). The number of aliphatic hydroxyl groups excluding tert-OH is 1. The zero-order valence-corrected chi connectivity index (χ0v) is 11.8. The first-order valence-corrected chi connectivity index (χ1v) is 7.21. The van der Waals surface area contributed by atoms with Crippen LogP contribution in [0, 0.1) is 0 Å². The van der Waals surface area contributed by atoms with Crippen molar-refractivity contribution in [3.8, 4) is 17.0 Å². The third-order valence-corrected chi connectivity index (χ3v) is 3.81. The zero-order chi connectivity index (χ0) is 14.7. The molecule has 110 valence electrons. The molecule has 1 saturated heterocycles. The lowest BCUT2D eigenvalue weighted by Crippen LogP contribution is -2.37. The number of nitrogens with zero attached hydrogens (tertiary/aromatic N) is 3. The molecule has 21 heavy (non-hydrogen) atoms. The van der Waals surface area contributed by atoms with Crippen molar-refractivity contribution >= 4 is 0 Å². The smallest absolute Gasteiger partial charge is 0.120 e. The van der Waals surface area contributed by atoms with Gasteiger partial charge in [-0.05, 0) is 37.6 Å². The van der Waals surface area contributed by atoms with Gasteiger partial charge in [0, 0.05) is 36.6 Å². The summed E-state index contributed by atoms with van der Waals surface area (Å²) in [5, 5.41) is 19.8. The highest BCUT2D eigenvalue weighted by Gasteiger charge is 2.19. The molecule has 1 fully saturated rings. The predicted molar refractivity (Wildman–Crippen MR) is 79.7 cm³/mol. The van der Waals surface area contributed by atoms with Gasteiger partial charge >= 0.3 is 0 Å². The first-order chi connectivity index (χ1) is 10.2. The Hall–Kier alpha value is -1.98. The molecule has 0 bridgehead atoms. The molecule has 0 radical (unpaired) electrons. The van der Waals surface area contributed by atoms with Crippen molar-refractivity contribution in [2.75, 3.05) is 13.1 Å². The molecule has 0 amide bonds. The molecule has 2 aromatic rings. The number of β-amino-alcohol motifs (C(OH)–C–C–N with tert-alkyl or cyclic N) is 1. The second-order valence-corrected chi connectivity index (χ2v) is 5.47. The Bertz CT molecular complexity index is 604. The summed E-state index contributed by atoms with van der Waals surface area (Å²) >= 11 is 0. The summed E-state index contributed by atoms with van der Waals surface area (Å²) in [5.41, 5.74) is 2.58. The van der Waals surface area contributed by atoms with Gasteiger partial charge in [-0.25, -0.2) is 0 Å². The largest absolute Gasteiger partial charge is 0.508 e. The molecule has 1 aliphatic rings. The van der Waals surface area contributed by atoms with Crippen LogP contribution in [-0.2, 0) is 6.54 Å². The van der Waals surface area contributed by atoms with E-state index in [1.165, 1.54) is 0 Å². The number of likely N-dealkylation sites (tertiary alicyclic amines) is 1. The van der Waals surface area contributed by atoms with E-state index in [4.69, 9.17) is 0 Å². The highest BCUT2D eigenvalue weighted by atomic mass is 16.3. The van der Waals surface area contributed by atoms with Gasteiger partial charge in [-0.15, -0.1) is 0 Å². The van der Waals surface area contributed by atoms with Gasteiger partial charge in [0.25, 0.3) is 0 Å². The molecule has 1 aromatic heterocycles. The minimum Gasteiger partial charge on any atom is -0.508 e. The maximum atomic E-state index is 10.1. The van der Waals surface area contributed by atoms with Crippen LogP contribution < -0.4 is 0 Å². The van der Waals surface area contributed by atoms with Crippen LogP contribution >= 0.6 is 0 Å². The number of aliphatic hydroxyl groups is 1. The normalized spacial score (nSPS) is 19.6. The summed E-state index contributed by atoms with van der Waals surface area (Å²) < 4.78 is 0. The van der Waals surface area contributed by atoms with Crippen LogP contribution in [0.1, 0.15) is 18.4 Å². The number of hydrogen-bond acceptors (Lipinski definition) is 5. The number of phenols is 1. The Balaban J connectivity index is 1.81. The van der Waals surface area contributed by atoms with Crippen molar-refractivity contribution in [3.63, 3.8) is 0 Å². The van der Waals surface area contributed by atoms with Crippen LogP contribution in [0.25, 0.3) is 11.3 Å². The average Bonchev–Trinajstić information content (AvgIpc) is 2.50. The van der Waals surface area contributed by atoms with Crippen LogP contribution in [0.5, 0.6) is 5.75 Å². The van der Waals surface area contributed by atoms with Crippen molar-refractivity contribution in [1.82, 2.24) is 14.9 Å². The molecule has 0 aliphatic carbocycles. The predicted octanol–water partition coefficient (Wildman–Crippen LogP) is 1.81. The van der Waals surface area contributed by atoms with Crippen molar-refractivity contribution in [2.45, 2.75) is 25.5 Å². The molecule has 5 heteroatoms. The molecule has 1 aromatic carbocycles. The summed E-state index contributed by atoms with van der Waals surface area (Å²) in [6, 6.07) is 5.48. The van der Waals surface area contributed by atoms with E-state index in [2.05, 4.69) is 14.9 Å². The van der Waals surface area contributed by atoms with Gasteiger partial charge < -0.3 is 10.2 Å². The highest BCUT2D eigenvalue weighted by Crippen LogP contribution is 2.26. The Kier molecular flexibility index (Phi) is 4.13. The van der Waals surface area contributed by atoms with Gasteiger partial charge in [-0.2, -0.15) is 0 Å². The Morgan fingerprint density at radius 3 is 2.95 bits per heavy atom. The fraction of sp³-hybridized carbons (Fsp3) is 0.375. The van der Waals surface area contributed by atoms with E-state index in [0.717, 1.165) is 36.2 Å². The molecular weight excluding hydrogens is 266 g/mol. The van der Waals surface area contributed by atoms with Gasteiger partial charge in [-0.3, -0.25) is 14.9 Å². The van der Waals surface area contributed by atoms with Gasteiger partial charge in [0.1, 0.15) is 5.75 Å². The molecule has 2 N–H and O–H groups in total. The van der Waals surface area contributed by atoms with Gasteiger partial charge in [-0.1, -0.05) is 0 Å². The number of phenolic OH excluding ortho intramolecular Hbond substituents is 1. The lowest BCUT2D eigenvalue weighted by Gasteiger charge is -2.30. The maximum Gasteiger partial charge on any atom is 0.120 e. The third kappa shape index (κ3) is 3.37. The molecule has 0 saturated carbocycles. The van der Waals surface area contributed by atoms with Crippen molar-refractivity contribution in [1.29, 1.82) is 0 Å². The molecular formula is C16H19N3O2. The third-order valence-electron chi connectivity index (χ3n) is 3.81. The maximum absolute atomic E-state index is 10.1. The lowest BCUT2D eigenvalue weighted by atomic mass is 10.0. The molecule has 2 heterocycles. The Morgan fingerprint density at radius 2 is 2.19 bits per heavy atom. The summed E-state index contributed by atoms with van der Waals surface area (Å²) in [6.45, 7) is 2.25. The monoisotopic (exact) mass is 285 g/mol. The number of aromatic hydroxyl groups is 1. The van der Waals surface area contributed by atoms with Gasteiger partial charge in [0.15, 0.2) is 0 Å². The Labute approximate surface area is 123 Å². The first-order valence-electron chi connectivity index (χ1n) is 7.21. The number of aromatic nitrogens is 2. The van der Waals surface area contributed by atoms with Crippen LogP contribution in [0.2, 0.25) is 0 Å². The van der Waals surface area contributed by atoms with Crippen LogP contribution in [-0.4, -0.2) is 44.3 Å². The molecule has 5 nitrogen and oxygen atoms in total. The van der Waals surface area contributed by atoms with Gasteiger partial charge in [0.2, 0.25) is 0 Å². The quantitative estimate of drug-likeness (QED) is 0.900. The summed E-state index contributed by atoms with van der Waals surface area (Å²) in [7, 11) is 0. The lowest BCUT2D eigenvalue weighted by molar-refractivity contribution is 0.0664. The SMILES string of the molecule is Oc1ccc(-c2cnccn2)cc1CN1CCC[C@@H](O)C1. The summed E-state index contributed by atoms with van der Waals surface area (Å²) in [6.07, 6.45) is 6.60. The van der Waals surface area contributed by atoms with E-state index in [-0.39, 0.29) is 11.9 Å². The van der Waals surface area contributed by atoms with E-state index in [0.29, 0.717) is 13.1 Å². The standard InChI is InChI=1S/C16H19N3O2/c20-14-2-1-7-19(11-14)10-13-8-12(3-4-16(13)21)15-9-17-5-6-18-15/h3-6,8-9,14,20-21H,1-2,7,10-11H2/t14-/m1/s1. The van der Waals surface area contributed by atoms with Gasteiger partial charge in [0.05, 0.1) is 18.0 Å². The Morgan fingerprint density at radius 1 is 1.29 bits per heavy atom. The summed E-state index contributed by atoms with van der Waals surface area (Å²) in [5.74, 6) is 0.280. The zero-order valence-electron chi connectivity index (χ0n) is 11.8. The van der Waals surface area contributed by atoms with Crippen LogP contribution in [0.4, 0.5) is 0 Å². The average molecular weight is 285 g/mol.